The number of nitrogens with two attached hydrogens (primary N) is 1. The summed E-state index contributed by atoms with van der Waals surface area (Å²) in [6.45, 7) is 2.09. The van der Waals surface area contributed by atoms with Crippen molar-refractivity contribution in [3.05, 3.63) is 29.6 Å². The lowest BCUT2D eigenvalue weighted by Gasteiger charge is -2.21. The number of benzene rings is 1. The van der Waals surface area contributed by atoms with Crippen LogP contribution >= 0.6 is 0 Å². The quantitative estimate of drug-likeness (QED) is 0.601. The summed E-state index contributed by atoms with van der Waals surface area (Å²) in [5.41, 5.74) is 5.74. The molecule has 0 aliphatic carbocycles. The zero-order valence-electron chi connectivity index (χ0n) is 12.1. The summed E-state index contributed by atoms with van der Waals surface area (Å²) in [6.07, 6.45) is 0. The van der Waals surface area contributed by atoms with E-state index in [1.165, 1.54) is 18.1 Å². The zero-order valence-corrected chi connectivity index (χ0v) is 12.1. The largest absolute Gasteiger partial charge is 0.465 e. The summed E-state index contributed by atoms with van der Waals surface area (Å²) in [5.74, 6) is -1.65. The highest BCUT2D eigenvalue weighted by Gasteiger charge is 2.20. The van der Waals surface area contributed by atoms with E-state index in [2.05, 4.69) is 0 Å². The van der Waals surface area contributed by atoms with Gasteiger partial charge in [0.05, 0.1) is 13.2 Å². The van der Waals surface area contributed by atoms with Crippen molar-refractivity contribution in [2.75, 3.05) is 39.1 Å². The fourth-order valence-corrected chi connectivity index (χ4v) is 1.73. The molecule has 2 N–H and O–H groups in total. The van der Waals surface area contributed by atoms with Gasteiger partial charge in [-0.3, -0.25) is 9.59 Å². The maximum absolute atomic E-state index is 13.3. The molecule has 0 fully saturated rings. The molecule has 1 rings (SSSR count). The summed E-state index contributed by atoms with van der Waals surface area (Å²) < 4.78 is 23.0. The molecular formula is C14H19FN2O4. The van der Waals surface area contributed by atoms with Crippen LogP contribution in [0.1, 0.15) is 17.3 Å². The molecule has 6 nitrogen and oxygen atoms in total. The van der Waals surface area contributed by atoms with Crippen LogP contribution in [0.15, 0.2) is 18.2 Å². The molecule has 0 radical (unpaired) electrons. The lowest BCUT2D eigenvalue weighted by Crippen LogP contribution is -2.38. The van der Waals surface area contributed by atoms with Crippen LogP contribution in [0.25, 0.3) is 0 Å². The Morgan fingerprint density at radius 2 is 2.05 bits per heavy atom. The maximum Gasteiger partial charge on any atom is 0.325 e. The van der Waals surface area contributed by atoms with Gasteiger partial charge in [-0.2, -0.15) is 0 Å². The highest BCUT2D eigenvalue weighted by atomic mass is 19.1. The van der Waals surface area contributed by atoms with Crippen LogP contribution in [0.4, 0.5) is 10.1 Å². The Balaban J connectivity index is 2.90. The summed E-state index contributed by atoms with van der Waals surface area (Å²) in [7, 11) is 1.48. The van der Waals surface area contributed by atoms with Crippen LogP contribution in [0.2, 0.25) is 0 Å². The molecule has 1 aromatic carbocycles. The number of halogens is 1. The van der Waals surface area contributed by atoms with Gasteiger partial charge in [-0.05, 0) is 25.1 Å². The van der Waals surface area contributed by atoms with Gasteiger partial charge in [0.1, 0.15) is 12.4 Å². The second-order valence-electron chi connectivity index (χ2n) is 4.30. The minimum absolute atomic E-state index is 0.0768. The first kappa shape index (κ1) is 16.9. The summed E-state index contributed by atoms with van der Waals surface area (Å²) in [4.78, 5) is 25.1. The molecule has 1 aromatic rings. The monoisotopic (exact) mass is 298 g/mol. The molecule has 0 aromatic heterocycles. The number of hydrogen-bond donors (Lipinski definition) is 1. The third-order valence-corrected chi connectivity index (χ3v) is 2.64. The predicted molar refractivity (Wildman–Crippen MR) is 75.2 cm³/mol. The van der Waals surface area contributed by atoms with E-state index in [9.17, 15) is 14.0 Å². The zero-order chi connectivity index (χ0) is 15.8. The number of ether oxygens (including phenoxy) is 2. The molecule has 7 heteroatoms. The Morgan fingerprint density at radius 3 is 2.62 bits per heavy atom. The average Bonchev–Trinajstić information content (AvgIpc) is 2.41. The standard InChI is InChI=1S/C14H19FN2O4/c1-3-21-13(18)9-17(4-5-20-2)14(19)10-6-11(15)8-12(16)7-10/h6-8H,3-5,9,16H2,1-2H3. The van der Waals surface area contributed by atoms with Crippen molar-refractivity contribution < 1.29 is 23.5 Å². The van der Waals surface area contributed by atoms with Gasteiger partial charge in [0.2, 0.25) is 0 Å². The fourth-order valence-electron chi connectivity index (χ4n) is 1.73. The topological polar surface area (TPSA) is 81.9 Å². The van der Waals surface area contributed by atoms with Gasteiger partial charge in [-0.1, -0.05) is 0 Å². The lowest BCUT2D eigenvalue weighted by atomic mass is 10.1. The number of nitrogen functional groups attached to an aromatic ring is 1. The van der Waals surface area contributed by atoms with Crippen LogP contribution < -0.4 is 5.73 Å². The second-order valence-corrected chi connectivity index (χ2v) is 4.30. The molecule has 0 aliphatic heterocycles. The Morgan fingerprint density at radius 1 is 1.33 bits per heavy atom. The number of methoxy groups -OCH3 is 1. The first-order valence-corrected chi connectivity index (χ1v) is 6.47. The van der Waals surface area contributed by atoms with Gasteiger partial charge in [0.25, 0.3) is 5.91 Å². The van der Waals surface area contributed by atoms with Crippen molar-refractivity contribution in [2.45, 2.75) is 6.92 Å². The number of anilines is 1. The number of nitrogens with zero attached hydrogens (tertiary/aromatic N) is 1. The van der Waals surface area contributed by atoms with Gasteiger partial charge in [-0.25, -0.2) is 4.39 Å². The molecule has 0 saturated heterocycles. The van der Waals surface area contributed by atoms with Crippen LogP contribution in [-0.4, -0.2) is 50.2 Å². The molecule has 0 heterocycles. The summed E-state index contributed by atoms with van der Waals surface area (Å²) in [6, 6.07) is 3.54. The molecule has 1 amide bonds. The third kappa shape index (κ3) is 5.39. The number of rotatable bonds is 7. The Labute approximate surface area is 122 Å². The minimum atomic E-state index is -0.610. The van der Waals surface area contributed by atoms with E-state index in [-0.39, 0.29) is 37.6 Å². The summed E-state index contributed by atoms with van der Waals surface area (Å²) in [5, 5.41) is 0. The first-order valence-electron chi connectivity index (χ1n) is 6.47. The van der Waals surface area contributed by atoms with E-state index >= 15 is 0 Å². The van der Waals surface area contributed by atoms with Crippen LogP contribution in [-0.2, 0) is 14.3 Å². The third-order valence-electron chi connectivity index (χ3n) is 2.64. The molecular weight excluding hydrogens is 279 g/mol. The smallest absolute Gasteiger partial charge is 0.325 e. The highest BCUT2D eigenvalue weighted by Crippen LogP contribution is 2.13. The van der Waals surface area contributed by atoms with Crippen molar-refractivity contribution in [1.82, 2.24) is 4.90 Å². The molecule has 0 saturated carbocycles. The first-order chi connectivity index (χ1) is 9.97. The molecule has 21 heavy (non-hydrogen) atoms. The Bertz CT molecular complexity index is 487. The maximum atomic E-state index is 13.3. The van der Waals surface area contributed by atoms with E-state index in [1.807, 2.05) is 0 Å². The fraction of sp³-hybridized carbons (Fsp3) is 0.429. The number of esters is 1. The van der Waals surface area contributed by atoms with Crippen LogP contribution in [0.5, 0.6) is 0 Å². The normalized spacial score (nSPS) is 10.2. The van der Waals surface area contributed by atoms with E-state index in [0.717, 1.165) is 12.1 Å². The van der Waals surface area contributed by atoms with Crippen LogP contribution in [0, 0.1) is 5.82 Å². The van der Waals surface area contributed by atoms with E-state index in [0.29, 0.717) is 0 Å². The average molecular weight is 298 g/mol. The van der Waals surface area contributed by atoms with Crippen molar-refractivity contribution in [3.8, 4) is 0 Å². The number of carbonyl (C=O) groups is 2. The van der Waals surface area contributed by atoms with Gasteiger partial charge >= 0.3 is 5.97 Å². The number of carbonyl (C=O) groups excluding carboxylic acids is 2. The van der Waals surface area contributed by atoms with Gasteiger partial charge in [0.15, 0.2) is 0 Å². The Hall–Kier alpha value is -2.15. The molecule has 0 atom stereocenters. The number of amides is 1. The molecule has 116 valence electrons. The highest BCUT2D eigenvalue weighted by molar-refractivity contribution is 5.96. The Kier molecular flexibility index (Phi) is 6.61. The molecule has 0 spiro atoms. The molecule has 0 bridgehead atoms. The SMILES string of the molecule is CCOC(=O)CN(CCOC)C(=O)c1cc(N)cc(F)c1. The van der Waals surface area contributed by atoms with Crippen molar-refractivity contribution in [3.63, 3.8) is 0 Å². The minimum Gasteiger partial charge on any atom is -0.465 e. The summed E-state index contributed by atoms with van der Waals surface area (Å²) >= 11 is 0. The molecule has 0 aliphatic rings. The number of hydrogen-bond acceptors (Lipinski definition) is 5. The van der Waals surface area contributed by atoms with Crippen molar-refractivity contribution >= 4 is 17.6 Å². The second kappa shape index (κ2) is 8.21. The van der Waals surface area contributed by atoms with Gasteiger partial charge in [-0.15, -0.1) is 0 Å². The van der Waals surface area contributed by atoms with Crippen molar-refractivity contribution in [2.24, 2.45) is 0 Å². The lowest BCUT2D eigenvalue weighted by molar-refractivity contribution is -0.143. The predicted octanol–water partition coefficient (Wildman–Crippen LogP) is 1.06. The van der Waals surface area contributed by atoms with Gasteiger partial charge < -0.3 is 20.1 Å². The van der Waals surface area contributed by atoms with E-state index < -0.39 is 17.7 Å². The van der Waals surface area contributed by atoms with Crippen LogP contribution in [0.3, 0.4) is 0 Å². The van der Waals surface area contributed by atoms with E-state index in [4.69, 9.17) is 15.2 Å². The molecule has 0 unspecified atom stereocenters. The van der Waals surface area contributed by atoms with Crippen molar-refractivity contribution in [1.29, 1.82) is 0 Å². The van der Waals surface area contributed by atoms with Gasteiger partial charge in [0, 0.05) is 24.9 Å². The van der Waals surface area contributed by atoms with E-state index in [1.54, 1.807) is 6.92 Å².